The zero-order valence-electron chi connectivity index (χ0n) is 12.7. The van der Waals surface area contributed by atoms with Gasteiger partial charge in [0.1, 0.15) is 5.78 Å². The van der Waals surface area contributed by atoms with Crippen molar-refractivity contribution in [3.05, 3.63) is 33.8 Å². The lowest BCUT2D eigenvalue weighted by molar-refractivity contribution is -0.123. The van der Waals surface area contributed by atoms with Gasteiger partial charge in [0, 0.05) is 22.4 Å². The van der Waals surface area contributed by atoms with E-state index in [0.29, 0.717) is 22.2 Å². The summed E-state index contributed by atoms with van der Waals surface area (Å²) >= 11 is 12.3. The van der Waals surface area contributed by atoms with Crippen LogP contribution in [0, 0.1) is 11.8 Å². The van der Waals surface area contributed by atoms with Crippen molar-refractivity contribution in [1.29, 1.82) is 0 Å². The van der Waals surface area contributed by atoms with Crippen LogP contribution in [-0.2, 0) is 11.2 Å². The number of rotatable bonds is 6. The second-order valence-electron chi connectivity index (χ2n) is 6.20. The first kappa shape index (κ1) is 16.8. The number of unbranched alkanes of at least 4 members (excludes halogenated alkanes) is 1. The van der Waals surface area contributed by atoms with E-state index in [1.54, 1.807) is 12.1 Å². The molecule has 0 atom stereocenters. The van der Waals surface area contributed by atoms with Crippen molar-refractivity contribution in [3.8, 4) is 0 Å². The minimum absolute atomic E-state index is 0.204. The molecule has 0 spiro atoms. The second-order valence-corrected chi connectivity index (χ2v) is 7.02. The first-order chi connectivity index (χ1) is 10.1. The number of benzene rings is 1. The molecule has 0 aliphatic heterocycles. The lowest BCUT2D eigenvalue weighted by atomic mass is 9.77. The Bertz CT molecular complexity index is 456. The van der Waals surface area contributed by atoms with Crippen LogP contribution in [0.3, 0.4) is 0 Å². The number of carbonyl (C=O) groups excluding carboxylic acids is 1. The van der Waals surface area contributed by atoms with E-state index in [0.717, 1.165) is 24.3 Å². The van der Waals surface area contributed by atoms with Gasteiger partial charge in [0.05, 0.1) is 0 Å². The highest BCUT2D eigenvalue weighted by atomic mass is 35.5. The first-order valence-corrected chi connectivity index (χ1v) is 8.83. The molecule has 1 saturated carbocycles. The maximum Gasteiger partial charge on any atom is 0.140 e. The van der Waals surface area contributed by atoms with E-state index >= 15 is 0 Å². The van der Waals surface area contributed by atoms with Gasteiger partial charge in [-0.05, 0) is 49.3 Å². The summed E-state index contributed by atoms with van der Waals surface area (Å²) in [5, 5.41) is 1.21. The number of hydrogen-bond donors (Lipinski definition) is 0. The first-order valence-electron chi connectivity index (χ1n) is 8.07. The number of Topliss-reactive ketones (excluding diaryl/α,β-unsaturated/α-hetero) is 1. The van der Waals surface area contributed by atoms with Crippen LogP contribution in [-0.4, -0.2) is 5.78 Å². The second kappa shape index (κ2) is 8.19. The predicted molar refractivity (Wildman–Crippen MR) is 90.1 cm³/mol. The van der Waals surface area contributed by atoms with Crippen molar-refractivity contribution < 1.29 is 4.79 Å². The summed E-state index contributed by atoms with van der Waals surface area (Å²) in [6, 6.07) is 5.42. The molecule has 2 rings (SSSR count). The molecule has 1 aromatic carbocycles. The summed E-state index contributed by atoms with van der Waals surface area (Å²) in [6.45, 7) is 2.24. The number of hydrogen-bond acceptors (Lipinski definition) is 1. The molecule has 0 heterocycles. The largest absolute Gasteiger partial charge is 0.299 e. The minimum atomic E-state index is 0.204. The smallest absolute Gasteiger partial charge is 0.140 e. The fraction of sp³-hybridized carbons (Fsp3) is 0.611. The molecule has 0 unspecified atom stereocenters. The molecule has 1 fully saturated rings. The standard InChI is InChI=1S/C18H24Cl2O/c1-2-3-5-13-8-10-14(11-9-13)18(21)12-15-16(19)6-4-7-17(15)20/h4,6-7,13-14H,2-3,5,8-12H2,1H3. The lowest BCUT2D eigenvalue weighted by Gasteiger charge is -2.27. The highest BCUT2D eigenvalue weighted by Gasteiger charge is 2.26. The average molecular weight is 327 g/mol. The van der Waals surface area contributed by atoms with Gasteiger partial charge < -0.3 is 0 Å². The highest BCUT2D eigenvalue weighted by Crippen LogP contribution is 2.34. The van der Waals surface area contributed by atoms with Gasteiger partial charge in [-0.2, -0.15) is 0 Å². The van der Waals surface area contributed by atoms with Crippen molar-refractivity contribution in [2.75, 3.05) is 0 Å². The van der Waals surface area contributed by atoms with E-state index in [1.165, 1.54) is 32.1 Å². The normalized spacial score (nSPS) is 22.2. The predicted octanol–water partition coefficient (Wildman–Crippen LogP) is 6.10. The summed E-state index contributed by atoms with van der Waals surface area (Å²) in [7, 11) is 0. The molecule has 0 bridgehead atoms. The summed E-state index contributed by atoms with van der Waals surface area (Å²) in [5.74, 6) is 1.34. The molecular weight excluding hydrogens is 303 g/mol. The number of halogens is 2. The van der Waals surface area contributed by atoms with Crippen LogP contribution in [0.25, 0.3) is 0 Å². The minimum Gasteiger partial charge on any atom is -0.299 e. The third kappa shape index (κ3) is 4.72. The molecule has 1 aromatic rings. The van der Waals surface area contributed by atoms with Crippen LogP contribution in [0.1, 0.15) is 57.4 Å². The van der Waals surface area contributed by atoms with Gasteiger partial charge in [0.2, 0.25) is 0 Å². The molecule has 1 nitrogen and oxygen atoms in total. The van der Waals surface area contributed by atoms with Gasteiger partial charge in [0.25, 0.3) is 0 Å². The molecule has 0 amide bonds. The van der Waals surface area contributed by atoms with Crippen LogP contribution in [0.15, 0.2) is 18.2 Å². The van der Waals surface area contributed by atoms with E-state index < -0.39 is 0 Å². The maximum absolute atomic E-state index is 12.5. The SMILES string of the molecule is CCCCC1CCC(C(=O)Cc2c(Cl)cccc2Cl)CC1. The molecule has 1 aliphatic rings. The Morgan fingerprint density at radius 2 is 1.76 bits per heavy atom. The van der Waals surface area contributed by atoms with Crippen LogP contribution >= 0.6 is 23.2 Å². The van der Waals surface area contributed by atoms with Gasteiger partial charge in [-0.25, -0.2) is 0 Å². The zero-order chi connectivity index (χ0) is 15.2. The van der Waals surface area contributed by atoms with Crippen LogP contribution < -0.4 is 0 Å². The molecule has 116 valence electrons. The molecule has 0 saturated heterocycles. The Morgan fingerprint density at radius 3 is 2.33 bits per heavy atom. The average Bonchev–Trinajstić information content (AvgIpc) is 2.49. The molecule has 0 radical (unpaired) electrons. The van der Waals surface area contributed by atoms with Crippen molar-refractivity contribution in [2.45, 2.75) is 58.3 Å². The van der Waals surface area contributed by atoms with Crippen LogP contribution in [0.5, 0.6) is 0 Å². The van der Waals surface area contributed by atoms with Crippen LogP contribution in [0.4, 0.5) is 0 Å². The molecular formula is C18H24Cl2O. The molecule has 0 N–H and O–H groups in total. The third-order valence-corrected chi connectivity index (χ3v) is 5.39. The lowest BCUT2D eigenvalue weighted by Crippen LogP contribution is -2.23. The summed E-state index contributed by atoms with van der Waals surface area (Å²) in [5.41, 5.74) is 0.791. The number of carbonyl (C=O) groups is 1. The fourth-order valence-electron chi connectivity index (χ4n) is 3.29. The zero-order valence-corrected chi connectivity index (χ0v) is 14.2. The Morgan fingerprint density at radius 1 is 1.14 bits per heavy atom. The summed E-state index contributed by atoms with van der Waals surface area (Å²) in [4.78, 5) is 12.5. The Labute approximate surface area is 138 Å². The van der Waals surface area contributed by atoms with Crippen molar-refractivity contribution >= 4 is 29.0 Å². The molecule has 21 heavy (non-hydrogen) atoms. The molecule has 0 aromatic heterocycles. The highest BCUT2D eigenvalue weighted by molar-refractivity contribution is 6.36. The van der Waals surface area contributed by atoms with E-state index in [9.17, 15) is 4.79 Å². The Balaban J connectivity index is 1.88. The van der Waals surface area contributed by atoms with Gasteiger partial charge in [0.15, 0.2) is 0 Å². The van der Waals surface area contributed by atoms with Crippen molar-refractivity contribution in [2.24, 2.45) is 11.8 Å². The quantitative estimate of drug-likeness (QED) is 0.617. The van der Waals surface area contributed by atoms with Crippen molar-refractivity contribution in [3.63, 3.8) is 0 Å². The molecule has 1 aliphatic carbocycles. The van der Waals surface area contributed by atoms with Gasteiger partial charge in [-0.3, -0.25) is 4.79 Å². The Kier molecular flexibility index (Phi) is 6.57. The van der Waals surface area contributed by atoms with E-state index in [4.69, 9.17) is 23.2 Å². The van der Waals surface area contributed by atoms with Crippen molar-refractivity contribution in [1.82, 2.24) is 0 Å². The molecule has 3 heteroatoms. The van der Waals surface area contributed by atoms with Crippen LogP contribution in [0.2, 0.25) is 10.0 Å². The topological polar surface area (TPSA) is 17.1 Å². The number of ketones is 1. The van der Waals surface area contributed by atoms with Gasteiger partial charge in [-0.1, -0.05) is 55.5 Å². The van der Waals surface area contributed by atoms with Gasteiger partial charge >= 0.3 is 0 Å². The summed E-state index contributed by atoms with van der Waals surface area (Å²) in [6.07, 6.45) is 8.77. The maximum atomic E-state index is 12.5. The monoisotopic (exact) mass is 326 g/mol. The fourth-order valence-corrected chi connectivity index (χ4v) is 3.82. The van der Waals surface area contributed by atoms with E-state index in [1.807, 2.05) is 6.07 Å². The van der Waals surface area contributed by atoms with E-state index in [2.05, 4.69) is 6.92 Å². The summed E-state index contributed by atoms with van der Waals surface area (Å²) < 4.78 is 0. The Hall–Kier alpha value is -0.530. The van der Waals surface area contributed by atoms with Gasteiger partial charge in [-0.15, -0.1) is 0 Å². The third-order valence-electron chi connectivity index (χ3n) is 4.68. The van der Waals surface area contributed by atoms with E-state index in [-0.39, 0.29) is 5.92 Å².